The molecule has 3 aromatic heterocycles. The summed E-state index contributed by atoms with van der Waals surface area (Å²) in [7, 11) is 0. The van der Waals surface area contributed by atoms with E-state index < -0.39 is 191 Å². The van der Waals surface area contributed by atoms with Gasteiger partial charge in [-0.15, -0.1) is 0 Å². The largest absolute Gasteiger partial charge is 0.508 e. The molecule has 0 saturated carbocycles. The van der Waals surface area contributed by atoms with E-state index in [1.54, 1.807) is 99.6 Å². The lowest BCUT2D eigenvalue weighted by atomic mass is 9.95. The van der Waals surface area contributed by atoms with Crippen LogP contribution < -0.4 is 75.3 Å². The van der Waals surface area contributed by atoms with Gasteiger partial charge in [0.15, 0.2) is 5.96 Å². The number of aromatic amines is 3. The van der Waals surface area contributed by atoms with Crippen LogP contribution in [0.2, 0.25) is 0 Å². The van der Waals surface area contributed by atoms with Crippen molar-refractivity contribution in [2.45, 2.75) is 231 Å². The third-order valence-corrected chi connectivity index (χ3v) is 20.3. The van der Waals surface area contributed by atoms with Gasteiger partial charge in [0.2, 0.25) is 70.9 Å². The fraction of sp³-hybridized carbons (Fsp3) is 0.544. The number of carbonyl (C=O) groups is 14. The minimum atomic E-state index is -1.56. The first-order valence-electron chi connectivity index (χ1n) is 39.6. The molecule has 6 rings (SSSR count). The summed E-state index contributed by atoms with van der Waals surface area (Å²) in [5.74, 6) is -15.9. The van der Waals surface area contributed by atoms with Gasteiger partial charge in [0.05, 0.1) is 31.4 Å². The number of carboxylic acids is 2. The van der Waals surface area contributed by atoms with Gasteiger partial charge in [0.1, 0.15) is 78.3 Å². The molecule has 12 amide bonds. The quantitative estimate of drug-likeness (QED) is 0.0126. The molecule has 1 fully saturated rings. The summed E-state index contributed by atoms with van der Waals surface area (Å²) in [6, 6.07) is -3.85. The molecule has 5 aromatic rings. The summed E-state index contributed by atoms with van der Waals surface area (Å²) < 4.78 is 0. The molecule has 0 spiro atoms. The maximum absolute atomic E-state index is 15.4. The van der Waals surface area contributed by atoms with E-state index in [0.29, 0.717) is 34.6 Å². The lowest BCUT2D eigenvalue weighted by Gasteiger charge is -2.32. The van der Waals surface area contributed by atoms with E-state index in [1.807, 2.05) is 0 Å². The Morgan fingerprint density at radius 2 is 0.907 bits per heavy atom. The molecular formula is C79H116N22O17. The first-order valence-corrected chi connectivity index (χ1v) is 39.6. The number of nitrogens with two attached hydrogens (primary N) is 2. The summed E-state index contributed by atoms with van der Waals surface area (Å²) >= 11 is 0. The molecule has 1 aliphatic rings. The van der Waals surface area contributed by atoms with Crippen molar-refractivity contribution >= 4 is 88.8 Å². The SMILES string of the molecule is CC[C@H](C)[C@H](NC(=O)[C@H](Cc1ccc(O)cc1)NC(=O)[C@@H](NC(=O)[C@H](CCCNC(=N)N)NC(=O)[C@@H](N)CC(=O)O)C(C)C)C(=O)N[C@@H](Cc1cnc[nH]1)C(=O)N1CCC[C@H]1C(=O)N[C@@H](Cc1ccccc1)C(=O)N[C@@H](Cc1cnc[nH]1)C(=O)N[C@@H](CC(C)C)C(=O)N[C@H](C(=O)N[C@H](C(=O)N[C@@H](Cc1cnc[nH]1)C(=O)O)[C@@H](C)CC)C(C)C. The number of rotatable bonds is 48. The number of carboxylic acid groups (broad SMARTS) is 2. The number of aromatic hydroxyl groups is 1. The van der Waals surface area contributed by atoms with Crippen LogP contribution in [0.15, 0.2) is 92.2 Å². The van der Waals surface area contributed by atoms with Crippen LogP contribution >= 0.6 is 0 Å². The zero-order valence-corrected chi connectivity index (χ0v) is 68.2. The number of H-pyrrole nitrogens is 3. The number of hydrogen-bond acceptors (Lipinski definition) is 20. The number of aliphatic carboxylic acids is 2. The van der Waals surface area contributed by atoms with Gasteiger partial charge in [0, 0.05) is 80.9 Å². The summed E-state index contributed by atoms with van der Waals surface area (Å²) in [6.45, 7) is 17.1. The molecule has 118 heavy (non-hydrogen) atoms. The van der Waals surface area contributed by atoms with Crippen molar-refractivity contribution in [2.24, 2.45) is 41.1 Å². The normalized spacial score (nSPS) is 16.2. The Bertz CT molecular complexity index is 4170. The van der Waals surface area contributed by atoms with Crippen LogP contribution in [-0.4, -0.2) is 231 Å². The average Bonchev–Trinajstić information content (AvgIpc) is 1.65. The summed E-state index contributed by atoms with van der Waals surface area (Å²) in [6.07, 6.45) is 7.73. The zero-order valence-electron chi connectivity index (χ0n) is 68.2. The Hall–Kier alpha value is -12.3. The highest BCUT2D eigenvalue weighted by Crippen LogP contribution is 2.23. The monoisotopic (exact) mass is 1640 g/mol. The highest BCUT2D eigenvalue weighted by atomic mass is 16.4. The number of nitrogens with one attached hydrogen (secondary N) is 16. The van der Waals surface area contributed by atoms with Crippen LogP contribution in [0.1, 0.15) is 149 Å². The standard InChI is InChI=1S/C79H116N22O17/c1-11-44(9)64(99-71(110)56(30-47-22-24-51(102)25-23-47)94-73(112)62(42(5)6)97-67(106)53(20-16-26-86-79(81)82)90-66(105)52(80)34-61(103)104)75(114)95-58(32-49-36-84-39-88-49)77(116)101-27-17-21-60(101)72(111)93-55(29-46-18-14-13-15-19-46)68(107)92-57(31-48-35-83-38-87-48)69(108)91-54(28-41(3)4)70(109)98-63(43(7)8)74(113)100-65(45(10)12-2)76(115)96-59(78(117)118)33-50-37-85-40-89-50/h13-15,18-19,22-25,35-45,52-60,62-65,102H,11-12,16-17,20-21,26-34,80H2,1-10H3,(H,83,87)(H,84,88)(H,85,89)(H,90,105)(H,91,108)(H,92,107)(H,93,111)(H,94,112)(H,95,114)(H,96,115)(H,97,106)(H,98,109)(H,99,110)(H,100,113)(H,103,104)(H,117,118)(H4,81,82,86)/t44-,45-,52-,53-,54-,55-,56-,57-,58-,59-,60-,62-,63-,64-,65-/m0/s1. The van der Waals surface area contributed by atoms with Gasteiger partial charge in [-0.3, -0.25) is 67.7 Å². The third kappa shape index (κ3) is 29.8. The van der Waals surface area contributed by atoms with Gasteiger partial charge in [-0.25, -0.2) is 19.7 Å². The topological polar surface area (TPSA) is 609 Å². The van der Waals surface area contributed by atoms with E-state index in [1.165, 1.54) is 66.7 Å². The van der Waals surface area contributed by atoms with Crippen LogP contribution in [-0.2, 0) is 99.2 Å². The minimum Gasteiger partial charge on any atom is -0.508 e. The highest BCUT2D eigenvalue weighted by Gasteiger charge is 2.43. The van der Waals surface area contributed by atoms with Crippen molar-refractivity contribution in [1.29, 1.82) is 5.41 Å². The molecule has 0 bridgehead atoms. The van der Waals surface area contributed by atoms with Gasteiger partial charge < -0.3 is 110 Å². The van der Waals surface area contributed by atoms with E-state index in [4.69, 9.17) is 16.9 Å². The second-order valence-corrected chi connectivity index (χ2v) is 30.9. The second kappa shape index (κ2) is 46.4. The van der Waals surface area contributed by atoms with E-state index >= 15 is 19.2 Å². The van der Waals surface area contributed by atoms with E-state index in [-0.39, 0.29) is 101 Å². The zero-order chi connectivity index (χ0) is 87.0. The van der Waals surface area contributed by atoms with E-state index in [9.17, 15) is 63.3 Å². The molecular weight excluding hydrogens is 1530 g/mol. The number of phenolic OH excluding ortho intramolecular Hbond substituents is 1. The van der Waals surface area contributed by atoms with Gasteiger partial charge in [-0.05, 0) is 85.0 Å². The Balaban J connectivity index is 1.23. The molecule has 4 heterocycles. The maximum Gasteiger partial charge on any atom is 0.326 e. The number of benzene rings is 2. The van der Waals surface area contributed by atoms with E-state index in [0.717, 1.165) is 0 Å². The molecule has 1 aliphatic heterocycles. The van der Waals surface area contributed by atoms with Crippen molar-refractivity contribution in [3.8, 4) is 5.75 Å². The van der Waals surface area contributed by atoms with Crippen LogP contribution in [0.5, 0.6) is 5.75 Å². The van der Waals surface area contributed by atoms with Crippen molar-refractivity contribution in [3.05, 3.63) is 120 Å². The lowest BCUT2D eigenvalue weighted by Crippen LogP contribution is -2.62. The van der Waals surface area contributed by atoms with Crippen LogP contribution in [0, 0.1) is 35.0 Å². The molecule has 0 radical (unpaired) electrons. The molecule has 644 valence electrons. The third-order valence-electron chi connectivity index (χ3n) is 20.3. The predicted molar refractivity (Wildman–Crippen MR) is 430 cm³/mol. The Kier molecular flexibility index (Phi) is 37.2. The number of likely N-dealkylation sites (tertiary alicyclic amines) is 1. The summed E-state index contributed by atoms with van der Waals surface area (Å²) in [5, 5.41) is 69.5. The fourth-order valence-electron chi connectivity index (χ4n) is 13.2. The van der Waals surface area contributed by atoms with Gasteiger partial charge in [-0.2, -0.15) is 0 Å². The second-order valence-electron chi connectivity index (χ2n) is 30.9. The molecule has 0 aliphatic carbocycles. The molecule has 2 aromatic carbocycles. The molecule has 15 atom stereocenters. The molecule has 39 heteroatoms. The van der Waals surface area contributed by atoms with Gasteiger partial charge in [0.25, 0.3) is 0 Å². The number of phenols is 1. The van der Waals surface area contributed by atoms with Gasteiger partial charge in [-0.1, -0.05) is 125 Å². The van der Waals surface area contributed by atoms with Crippen LogP contribution in [0.3, 0.4) is 0 Å². The predicted octanol–water partition coefficient (Wildman–Crippen LogP) is -1.00. The Morgan fingerprint density at radius 1 is 0.500 bits per heavy atom. The fourth-order valence-corrected chi connectivity index (χ4v) is 13.2. The molecule has 1 saturated heterocycles. The average molecular weight is 1650 g/mol. The number of aromatic nitrogens is 6. The maximum atomic E-state index is 15.4. The number of imidazole rings is 3. The van der Waals surface area contributed by atoms with Crippen molar-refractivity contribution < 1.29 is 82.4 Å². The van der Waals surface area contributed by atoms with Crippen molar-refractivity contribution in [1.82, 2.24) is 98.6 Å². The first kappa shape index (κ1) is 94.5. The Morgan fingerprint density at radius 3 is 1.39 bits per heavy atom. The van der Waals surface area contributed by atoms with Crippen LogP contribution in [0.4, 0.5) is 0 Å². The summed E-state index contributed by atoms with van der Waals surface area (Å²) in [4.78, 5) is 221. The molecule has 39 nitrogen and oxygen atoms in total. The first-order chi connectivity index (χ1) is 56.0. The number of nitrogens with zero attached hydrogens (tertiary/aromatic N) is 4. The number of guanidine groups is 1. The summed E-state index contributed by atoms with van der Waals surface area (Å²) in [5.41, 5.74) is 13.5. The smallest absolute Gasteiger partial charge is 0.326 e. The number of amides is 12. The molecule has 23 N–H and O–H groups in total. The van der Waals surface area contributed by atoms with Crippen LogP contribution in [0.25, 0.3) is 0 Å². The van der Waals surface area contributed by atoms with Crippen molar-refractivity contribution in [2.75, 3.05) is 13.1 Å². The lowest BCUT2D eigenvalue weighted by molar-refractivity contribution is -0.143. The number of carbonyl (C=O) groups excluding carboxylic acids is 12. The van der Waals surface area contributed by atoms with Crippen molar-refractivity contribution in [3.63, 3.8) is 0 Å². The highest BCUT2D eigenvalue weighted by molar-refractivity contribution is 6.00. The molecule has 0 unspecified atom stereocenters. The minimum absolute atomic E-state index is 0.00264. The van der Waals surface area contributed by atoms with Gasteiger partial charge >= 0.3 is 11.9 Å². The van der Waals surface area contributed by atoms with E-state index in [2.05, 4.69) is 93.7 Å². The number of hydrogen-bond donors (Lipinski definition) is 21. The Labute approximate surface area is 683 Å².